The lowest BCUT2D eigenvalue weighted by Crippen LogP contribution is -2.37. The van der Waals surface area contributed by atoms with E-state index >= 15 is 0 Å². The molecule has 0 radical (unpaired) electrons. The van der Waals surface area contributed by atoms with Crippen LogP contribution in [0.2, 0.25) is 0 Å². The molecule has 0 saturated heterocycles. The molecule has 134 valence electrons. The zero-order valence-corrected chi connectivity index (χ0v) is 14.8. The third-order valence-electron chi connectivity index (χ3n) is 4.72. The molecule has 2 amide bonds. The average molecular weight is 342 g/mol. The summed E-state index contributed by atoms with van der Waals surface area (Å²) in [5, 5.41) is 5.96. The Morgan fingerprint density at radius 2 is 2.00 bits per heavy atom. The van der Waals surface area contributed by atoms with Crippen molar-refractivity contribution < 1.29 is 9.59 Å². The fraction of sp³-hybridized carbons (Fsp3) is 0.526. The van der Waals surface area contributed by atoms with E-state index in [0.717, 1.165) is 38.5 Å². The number of aromatic nitrogens is 2. The lowest BCUT2D eigenvalue weighted by atomic mass is 9.95. The number of rotatable bonds is 6. The molecule has 1 fully saturated rings. The van der Waals surface area contributed by atoms with Gasteiger partial charge in [-0.05, 0) is 31.4 Å². The first-order valence-corrected chi connectivity index (χ1v) is 9.27. The number of amides is 2. The van der Waals surface area contributed by atoms with Gasteiger partial charge in [-0.2, -0.15) is 0 Å². The topological polar surface area (TPSA) is 75.5 Å². The number of pyridine rings is 1. The number of nitrogens with one attached hydrogen (secondary N) is 2. The van der Waals surface area contributed by atoms with Gasteiger partial charge in [0.25, 0.3) is 11.8 Å². The van der Waals surface area contributed by atoms with E-state index in [1.807, 2.05) is 18.2 Å². The second kappa shape index (κ2) is 8.14. The quantitative estimate of drug-likeness (QED) is 0.793. The van der Waals surface area contributed by atoms with Gasteiger partial charge in [0.2, 0.25) is 5.82 Å². The van der Waals surface area contributed by atoms with E-state index in [0.29, 0.717) is 17.8 Å². The molecule has 2 heterocycles. The fourth-order valence-electron chi connectivity index (χ4n) is 3.32. The highest BCUT2D eigenvalue weighted by Crippen LogP contribution is 2.19. The molecule has 25 heavy (non-hydrogen) atoms. The van der Waals surface area contributed by atoms with Gasteiger partial charge < -0.3 is 10.6 Å². The minimum Gasteiger partial charge on any atom is -0.351 e. The summed E-state index contributed by atoms with van der Waals surface area (Å²) in [6, 6.07) is 5.71. The van der Waals surface area contributed by atoms with E-state index in [4.69, 9.17) is 0 Å². The molecule has 0 spiro atoms. The molecule has 6 heteroatoms. The lowest BCUT2D eigenvalue weighted by Gasteiger charge is -2.22. The Kier molecular flexibility index (Phi) is 5.68. The summed E-state index contributed by atoms with van der Waals surface area (Å²) in [7, 11) is 0. The number of carbonyl (C=O) groups excluding carboxylic acids is 2. The highest BCUT2D eigenvalue weighted by molar-refractivity contribution is 6.02. The van der Waals surface area contributed by atoms with E-state index in [1.165, 1.54) is 6.42 Å². The Morgan fingerprint density at radius 3 is 2.76 bits per heavy atom. The zero-order valence-electron chi connectivity index (χ0n) is 14.8. The third-order valence-corrected chi connectivity index (χ3v) is 4.72. The molecular formula is C19H26N4O2. The van der Waals surface area contributed by atoms with E-state index in [9.17, 15) is 9.59 Å². The van der Waals surface area contributed by atoms with Crippen molar-refractivity contribution in [2.75, 3.05) is 6.54 Å². The van der Waals surface area contributed by atoms with E-state index in [2.05, 4.69) is 22.5 Å². The van der Waals surface area contributed by atoms with Gasteiger partial charge in [-0.15, -0.1) is 0 Å². The summed E-state index contributed by atoms with van der Waals surface area (Å²) in [5.41, 5.74) is 0.968. The molecule has 2 aromatic rings. The minimum absolute atomic E-state index is 0.208. The standard InChI is InChI=1S/C19H26N4O2/c1-2-3-12-20-18(24)16-15-11-7-8-13-23(15)17(22-16)19(25)21-14-9-5-4-6-10-14/h7-8,11,13-14H,2-6,9-10,12H2,1H3,(H,20,24)(H,21,25). The Hall–Kier alpha value is -2.37. The van der Waals surface area contributed by atoms with Crippen LogP contribution in [0.5, 0.6) is 0 Å². The molecule has 6 nitrogen and oxygen atoms in total. The molecule has 2 N–H and O–H groups in total. The van der Waals surface area contributed by atoms with Crippen LogP contribution in [0.15, 0.2) is 24.4 Å². The first kappa shape index (κ1) is 17.5. The summed E-state index contributed by atoms with van der Waals surface area (Å²) in [4.78, 5) is 29.5. The van der Waals surface area contributed by atoms with Crippen molar-refractivity contribution in [3.05, 3.63) is 35.9 Å². The van der Waals surface area contributed by atoms with Gasteiger partial charge in [0.1, 0.15) is 0 Å². The summed E-state index contributed by atoms with van der Waals surface area (Å²) in [5.74, 6) is -0.156. The Labute approximate surface area is 148 Å². The largest absolute Gasteiger partial charge is 0.351 e. The van der Waals surface area contributed by atoms with Gasteiger partial charge in [0, 0.05) is 18.8 Å². The van der Waals surface area contributed by atoms with Crippen LogP contribution in [0, 0.1) is 0 Å². The summed E-state index contributed by atoms with van der Waals surface area (Å²) in [6.45, 7) is 2.69. The molecule has 0 atom stereocenters. The number of imidazole rings is 1. The Balaban J connectivity index is 1.82. The molecule has 2 aromatic heterocycles. The molecule has 1 aliphatic carbocycles. The third kappa shape index (κ3) is 4.00. The normalized spacial score (nSPS) is 15.2. The van der Waals surface area contributed by atoms with Crippen LogP contribution in [0.4, 0.5) is 0 Å². The number of fused-ring (bicyclic) bond motifs is 1. The van der Waals surface area contributed by atoms with Gasteiger partial charge in [0.15, 0.2) is 5.69 Å². The molecule has 1 saturated carbocycles. The van der Waals surface area contributed by atoms with Crippen molar-refractivity contribution in [3.8, 4) is 0 Å². The molecule has 0 bridgehead atoms. The molecule has 0 aromatic carbocycles. The molecule has 3 rings (SSSR count). The highest BCUT2D eigenvalue weighted by Gasteiger charge is 2.23. The second-order valence-electron chi connectivity index (χ2n) is 6.66. The Morgan fingerprint density at radius 1 is 1.20 bits per heavy atom. The number of hydrogen-bond donors (Lipinski definition) is 2. The highest BCUT2D eigenvalue weighted by atomic mass is 16.2. The van der Waals surface area contributed by atoms with Crippen molar-refractivity contribution in [2.24, 2.45) is 0 Å². The maximum atomic E-state index is 12.7. The van der Waals surface area contributed by atoms with Crippen LogP contribution in [0.25, 0.3) is 5.52 Å². The molecule has 0 aliphatic heterocycles. The van der Waals surface area contributed by atoms with Gasteiger partial charge >= 0.3 is 0 Å². The summed E-state index contributed by atoms with van der Waals surface area (Å²) < 4.78 is 1.70. The number of nitrogens with zero attached hydrogens (tertiary/aromatic N) is 2. The SMILES string of the molecule is CCCCNC(=O)c1nc(C(=O)NC2CCCCC2)n2ccccc12. The van der Waals surface area contributed by atoms with Gasteiger partial charge in [0.05, 0.1) is 5.52 Å². The van der Waals surface area contributed by atoms with Crippen molar-refractivity contribution in [1.29, 1.82) is 0 Å². The van der Waals surface area contributed by atoms with Crippen molar-refractivity contribution in [2.45, 2.75) is 57.9 Å². The van der Waals surface area contributed by atoms with Crippen LogP contribution < -0.4 is 10.6 Å². The fourth-order valence-corrected chi connectivity index (χ4v) is 3.32. The second-order valence-corrected chi connectivity index (χ2v) is 6.66. The van der Waals surface area contributed by atoms with E-state index < -0.39 is 0 Å². The van der Waals surface area contributed by atoms with E-state index in [-0.39, 0.29) is 23.7 Å². The van der Waals surface area contributed by atoms with Gasteiger partial charge in [-0.1, -0.05) is 38.7 Å². The average Bonchev–Trinajstić information content (AvgIpc) is 3.03. The summed E-state index contributed by atoms with van der Waals surface area (Å²) >= 11 is 0. The van der Waals surface area contributed by atoms with Crippen LogP contribution in [0.1, 0.15) is 73.0 Å². The van der Waals surface area contributed by atoms with Crippen LogP contribution >= 0.6 is 0 Å². The minimum atomic E-state index is -0.228. The van der Waals surface area contributed by atoms with Crippen LogP contribution in [0.3, 0.4) is 0 Å². The monoisotopic (exact) mass is 342 g/mol. The lowest BCUT2D eigenvalue weighted by molar-refractivity contribution is 0.0916. The zero-order chi connectivity index (χ0) is 17.6. The van der Waals surface area contributed by atoms with Crippen LogP contribution in [-0.2, 0) is 0 Å². The maximum absolute atomic E-state index is 12.7. The number of hydrogen-bond acceptors (Lipinski definition) is 3. The predicted molar refractivity (Wildman–Crippen MR) is 96.8 cm³/mol. The number of carbonyl (C=O) groups is 2. The van der Waals surface area contributed by atoms with E-state index in [1.54, 1.807) is 10.6 Å². The number of unbranched alkanes of at least 4 members (excludes halogenated alkanes) is 1. The van der Waals surface area contributed by atoms with Gasteiger partial charge in [-0.3, -0.25) is 14.0 Å². The van der Waals surface area contributed by atoms with Gasteiger partial charge in [-0.25, -0.2) is 4.98 Å². The Bertz CT molecular complexity index is 747. The smallest absolute Gasteiger partial charge is 0.287 e. The molecular weight excluding hydrogens is 316 g/mol. The predicted octanol–water partition coefficient (Wildman–Crippen LogP) is 2.93. The maximum Gasteiger partial charge on any atom is 0.287 e. The first-order valence-electron chi connectivity index (χ1n) is 9.27. The van der Waals surface area contributed by atoms with Crippen molar-refractivity contribution >= 4 is 17.3 Å². The summed E-state index contributed by atoms with van der Waals surface area (Å²) in [6.07, 6.45) is 9.28. The molecule has 1 aliphatic rings. The molecule has 0 unspecified atom stereocenters. The van der Waals surface area contributed by atoms with Crippen molar-refractivity contribution in [1.82, 2.24) is 20.0 Å². The van der Waals surface area contributed by atoms with Crippen LogP contribution in [-0.4, -0.2) is 33.8 Å². The van der Waals surface area contributed by atoms with Crippen molar-refractivity contribution in [3.63, 3.8) is 0 Å². The first-order chi connectivity index (χ1) is 12.2.